The molecule has 0 unspecified atom stereocenters. The first-order chi connectivity index (χ1) is 24.3. The van der Waals surface area contributed by atoms with Crippen LogP contribution in [-0.2, 0) is 0 Å². The van der Waals surface area contributed by atoms with Gasteiger partial charge in [0.25, 0.3) is 0 Å². The van der Waals surface area contributed by atoms with Crippen molar-refractivity contribution in [3.63, 3.8) is 0 Å². The summed E-state index contributed by atoms with van der Waals surface area (Å²) < 4.78 is 6.88. The number of anilines is 6. The van der Waals surface area contributed by atoms with Crippen molar-refractivity contribution in [1.29, 1.82) is 0 Å². The Morgan fingerprint density at radius 2 is 0.837 bits per heavy atom. The van der Waals surface area contributed by atoms with Crippen molar-refractivity contribution in [2.75, 3.05) is 9.80 Å². The molecule has 0 N–H and O–H groups in total. The first-order valence-electron chi connectivity index (χ1n) is 16.6. The van der Waals surface area contributed by atoms with Gasteiger partial charge in [-0.2, -0.15) is 0 Å². The molecule has 0 fully saturated rings. The highest BCUT2D eigenvalue weighted by atomic mass is 16.3. The minimum absolute atomic E-state index is 0.841. The Morgan fingerprint density at radius 1 is 0.327 bits per heavy atom. The van der Waals surface area contributed by atoms with Gasteiger partial charge in [0.1, 0.15) is 5.58 Å². The van der Waals surface area contributed by atoms with Gasteiger partial charge in [-0.3, -0.25) is 0 Å². The van der Waals surface area contributed by atoms with E-state index in [2.05, 4.69) is 204 Å². The summed E-state index contributed by atoms with van der Waals surface area (Å²) in [6.07, 6.45) is 0. The van der Waals surface area contributed by atoms with E-state index in [4.69, 9.17) is 4.42 Å². The topological polar surface area (TPSA) is 19.6 Å². The van der Waals surface area contributed by atoms with Crippen LogP contribution < -0.4 is 9.80 Å². The molecule has 3 heteroatoms. The molecule has 0 aliphatic carbocycles. The van der Waals surface area contributed by atoms with Crippen molar-refractivity contribution < 1.29 is 4.42 Å². The van der Waals surface area contributed by atoms with Crippen molar-refractivity contribution in [2.24, 2.45) is 0 Å². The summed E-state index contributed by atoms with van der Waals surface area (Å²) in [6.45, 7) is 0. The average molecular weight is 629 g/mol. The fourth-order valence-corrected chi connectivity index (χ4v) is 6.89. The SMILES string of the molecule is c1ccc(-c2cccc(N(c3ccccc3)c3cc(N(c4ccccc4)c4ccccc4)c4oc5cc6ccccc6cc5c4c3)c2)cc1. The van der Waals surface area contributed by atoms with Crippen LogP contribution in [0.15, 0.2) is 199 Å². The van der Waals surface area contributed by atoms with Crippen LogP contribution in [0.4, 0.5) is 34.1 Å². The van der Waals surface area contributed by atoms with Gasteiger partial charge in [-0.05, 0) is 94.7 Å². The van der Waals surface area contributed by atoms with E-state index in [1.165, 1.54) is 10.9 Å². The Morgan fingerprint density at radius 3 is 1.47 bits per heavy atom. The largest absolute Gasteiger partial charge is 0.454 e. The van der Waals surface area contributed by atoms with Gasteiger partial charge < -0.3 is 14.2 Å². The molecule has 9 aromatic rings. The predicted octanol–water partition coefficient (Wildman–Crippen LogP) is 13.3. The molecule has 8 aromatic carbocycles. The molecule has 1 aromatic heterocycles. The summed E-state index contributed by atoms with van der Waals surface area (Å²) >= 11 is 0. The number of nitrogens with zero attached hydrogens (tertiary/aromatic N) is 2. The van der Waals surface area contributed by atoms with Gasteiger partial charge in [0.15, 0.2) is 5.58 Å². The molecule has 49 heavy (non-hydrogen) atoms. The van der Waals surface area contributed by atoms with Crippen LogP contribution >= 0.6 is 0 Å². The Labute approximate surface area is 285 Å². The summed E-state index contributed by atoms with van der Waals surface area (Å²) in [5, 5.41) is 4.49. The zero-order chi connectivity index (χ0) is 32.6. The maximum absolute atomic E-state index is 6.88. The summed E-state index contributed by atoms with van der Waals surface area (Å²) in [5.41, 5.74) is 10.3. The Kier molecular flexibility index (Phi) is 7.14. The minimum Gasteiger partial charge on any atom is -0.454 e. The fraction of sp³-hybridized carbons (Fsp3) is 0. The fourth-order valence-electron chi connectivity index (χ4n) is 6.89. The molecule has 0 saturated heterocycles. The monoisotopic (exact) mass is 628 g/mol. The molecule has 0 saturated carbocycles. The zero-order valence-corrected chi connectivity index (χ0v) is 26.8. The third-order valence-electron chi connectivity index (χ3n) is 9.16. The molecule has 0 bridgehead atoms. The maximum atomic E-state index is 6.88. The van der Waals surface area contributed by atoms with Gasteiger partial charge in [0.05, 0.1) is 5.69 Å². The standard InChI is InChI=1S/C46H32N2O/c1-5-16-33(17-6-1)34-20-15-27-40(28-34)47(37-21-7-2-8-22-37)41-31-43-42-29-35-18-13-14-19-36(35)30-45(42)49-46(43)44(32-41)48(38-23-9-3-10-24-38)39-25-11-4-12-26-39/h1-32H. The zero-order valence-electron chi connectivity index (χ0n) is 26.8. The highest BCUT2D eigenvalue weighted by Gasteiger charge is 2.24. The Bertz CT molecular complexity index is 2500. The van der Waals surface area contributed by atoms with Gasteiger partial charge >= 0.3 is 0 Å². The summed E-state index contributed by atoms with van der Waals surface area (Å²) in [7, 11) is 0. The Hall–Kier alpha value is -6.58. The number of furan rings is 1. The molecular weight excluding hydrogens is 597 g/mol. The molecule has 0 spiro atoms. The molecule has 0 atom stereocenters. The lowest BCUT2D eigenvalue weighted by atomic mass is 10.0. The first kappa shape index (κ1) is 28.6. The molecule has 0 aliphatic rings. The van der Waals surface area contributed by atoms with Crippen molar-refractivity contribution in [2.45, 2.75) is 0 Å². The normalized spacial score (nSPS) is 11.3. The highest BCUT2D eigenvalue weighted by molar-refractivity contribution is 6.15. The highest BCUT2D eigenvalue weighted by Crippen LogP contribution is 2.47. The van der Waals surface area contributed by atoms with Crippen LogP contribution in [0.3, 0.4) is 0 Å². The summed E-state index contributed by atoms with van der Waals surface area (Å²) in [4.78, 5) is 4.65. The van der Waals surface area contributed by atoms with Gasteiger partial charge in [0.2, 0.25) is 0 Å². The second-order valence-electron chi connectivity index (χ2n) is 12.2. The molecule has 232 valence electrons. The third kappa shape index (κ3) is 5.28. The van der Waals surface area contributed by atoms with E-state index in [1.807, 2.05) is 0 Å². The predicted molar refractivity (Wildman–Crippen MR) is 206 cm³/mol. The van der Waals surface area contributed by atoms with Gasteiger partial charge in [0, 0.05) is 39.2 Å². The van der Waals surface area contributed by atoms with Crippen molar-refractivity contribution in [3.05, 3.63) is 194 Å². The second-order valence-corrected chi connectivity index (χ2v) is 12.2. The molecular formula is C46H32N2O. The quantitative estimate of drug-likeness (QED) is 0.175. The number of benzene rings is 8. The smallest absolute Gasteiger partial charge is 0.159 e. The van der Waals surface area contributed by atoms with E-state index in [0.29, 0.717) is 0 Å². The van der Waals surface area contributed by atoms with Crippen molar-refractivity contribution in [3.8, 4) is 11.1 Å². The molecule has 9 rings (SSSR count). The van der Waals surface area contributed by atoms with Gasteiger partial charge in [-0.25, -0.2) is 0 Å². The molecule has 3 nitrogen and oxygen atoms in total. The van der Waals surface area contributed by atoms with E-state index in [9.17, 15) is 0 Å². The lowest BCUT2D eigenvalue weighted by molar-refractivity contribution is 0.669. The lowest BCUT2D eigenvalue weighted by Gasteiger charge is -2.29. The van der Waals surface area contributed by atoms with E-state index in [1.54, 1.807) is 0 Å². The number of para-hydroxylation sites is 3. The van der Waals surface area contributed by atoms with E-state index in [-0.39, 0.29) is 0 Å². The van der Waals surface area contributed by atoms with Crippen molar-refractivity contribution in [1.82, 2.24) is 0 Å². The minimum atomic E-state index is 0.841. The number of hydrogen-bond acceptors (Lipinski definition) is 3. The number of fused-ring (bicyclic) bond motifs is 4. The second kappa shape index (κ2) is 12.2. The van der Waals surface area contributed by atoms with Crippen LogP contribution in [0.25, 0.3) is 43.8 Å². The van der Waals surface area contributed by atoms with Crippen LogP contribution in [0.1, 0.15) is 0 Å². The molecule has 0 radical (unpaired) electrons. The van der Waals surface area contributed by atoms with Crippen LogP contribution in [0, 0.1) is 0 Å². The van der Waals surface area contributed by atoms with Crippen LogP contribution in [0.5, 0.6) is 0 Å². The Balaban J connectivity index is 1.36. The van der Waals surface area contributed by atoms with Crippen molar-refractivity contribution >= 4 is 66.8 Å². The average Bonchev–Trinajstić information content (AvgIpc) is 3.53. The number of rotatable bonds is 7. The van der Waals surface area contributed by atoms with E-state index < -0.39 is 0 Å². The maximum Gasteiger partial charge on any atom is 0.159 e. The van der Waals surface area contributed by atoms with E-state index >= 15 is 0 Å². The molecule has 1 heterocycles. The van der Waals surface area contributed by atoms with Gasteiger partial charge in [-0.15, -0.1) is 0 Å². The van der Waals surface area contributed by atoms with E-state index in [0.717, 1.165) is 67.0 Å². The first-order valence-corrected chi connectivity index (χ1v) is 16.6. The van der Waals surface area contributed by atoms with Crippen LogP contribution in [-0.4, -0.2) is 0 Å². The number of hydrogen-bond donors (Lipinski definition) is 0. The summed E-state index contributed by atoms with van der Waals surface area (Å²) in [6, 6.07) is 68.5. The van der Waals surface area contributed by atoms with Crippen LogP contribution in [0.2, 0.25) is 0 Å². The third-order valence-corrected chi connectivity index (χ3v) is 9.16. The lowest BCUT2D eigenvalue weighted by Crippen LogP contribution is -2.13. The summed E-state index contributed by atoms with van der Waals surface area (Å²) in [5.74, 6) is 0. The van der Waals surface area contributed by atoms with Gasteiger partial charge in [-0.1, -0.05) is 121 Å². The molecule has 0 aliphatic heterocycles. The molecule has 0 amide bonds.